The summed E-state index contributed by atoms with van der Waals surface area (Å²) >= 11 is 5.21. The lowest BCUT2D eigenvalue weighted by Gasteiger charge is -2.30. The van der Waals surface area contributed by atoms with Crippen LogP contribution >= 0.6 is 12.2 Å². The van der Waals surface area contributed by atoms with Gasteiger partial charge in [-0.25, -0.2) is 0 Å². The van der Waals surface area contributed by atoms with Crippen molar-refractivity contribution in [1.29, 1.82) is 0 Å². The number of hydrogen-bond donors (Lipinski definition) is 2. The minimum atomic E-state index is -0.569. The molecule has 1 fully saturated rings. The molecular formula is C20H18N2O4S. The zero-order valence-electron chi connectivity index (χ0n) is 14.9. The number of aryl methyl sites for hydroxylation is 1. The van der Waals surface area contributed by atoms with Crippen LogP contribution in [0.25, 0.3) is 6.08 Å². The van der Waals surface area contributed by atoms with E-state index in [1.165, 1.54) is 17.0 Å². The summed E-state index contributed by atoms with van der Waals surface area (Å²) in [5, 5.41) is 12.4. The van der Waals surface area contributed by atoms with Crippen LogP contribution < -0.4 is 15.0 Å². The molecule has 0 unspecified atom stereocenters. The summed E-state index contributed by atoms with van der Waals surface area (Å²) in [4.78, 5) is 26.7. The SMILES string of the molecule is CCOc1cc(/C=C2/C(=O)NC(=S)N(c3ccccc3C)C2=O)ccc1O. The van der Waals surface area contributed by atoms with E-state index in [0.29, 0.717) is 17.9 Å². The number of phenolic OH excluding ortho intramolecular Hbond substituents is 1. The van der Waals surface area contributed by atoms with Gasteiger partial charge in [0.25, 0.3) is 11.8 Å². The second kappa shape index (κ2) is 7.59. The fourth-order valence-electron chi connectivity index (χ4n) is 2.75. The van der Waals surface area contributed by atoms with Gasteiger partial charge >= 0.3 is 0 Å². The monoisotopic (exact) mass is 382 g/mol. The Morgan fingerprint density at radius 1 is 1.22 bits per heavy atom. The molecule has 27 heavy (non-hydrogen) atoms. The van der Waals surface area contributed by atoms with Crippen LogP contribution in [0.4, 0.5) is 5.69 Å². The minimum Gasteiger partial charge on any atom is -0.504 e. The van der Waals surface area contributed by atoms with E-state index in [4.69, 9.17) is 17.0 Å². The molecule has 3 rings (SSSR count). The number of anilines is 1. The lowest BCUT2D eigenvalue weighted by atomic mass is 10.1. The molecule has 2 aromatic carbocycles. The van der Waals surface area contributed by atoms with Gasteiger partial charge in [-0.2, -0.15) is 0 Å². The van der Waals surface area contributed by atoms with Crippen LogP contribution in [0.1, 0.15) is 18.1 Å². The number of nitrogens with zero attached hydrogens (tertiary/aromatic N) is 1. The molecule has 0 radical (unpaired) electrons. The molecule has 2 aromatic rings. The number of carbonyl (C=O) groups excluding carboxylic acids is 2. The highest BCUT2D eigenvalue weighted by atomic mass is 32.1. The molecule has 1 heterocycles. The number of nitrogens with one attached hydrogen (secondary N) is 1. The van der Waals surface area contributed by atoms with Crippen molar-refractivity contribution in [3.8, 4) is 11.5 Å². The van der Waals surface area contributed by atoms with Crippen LogP contribution in [0.3, 0.4) is 0 Å². The van der Waals surface area contributed by atoms with Crippen LogP contribution in [0.2, 0.25) is 0 Å². The Morgan fingerprint density at radius 2 is 1.96 bits per heavy atom. The lowest BCUT2D eigenvalue weighted by molar-refractivity contribution is -0.122. The first-order valence-electron chi connectivity index (χ1n) is 8.35. The van der Waals surface area contributed by atoms with E-state index >= 15 is 0 Å². The van der Waals surface area contributed by atoms with E-state index in [-0.39, 0.29) is 22.2 Å². The van der Waals surface area contributed by atoms with Crippen LogP contribution in [-0.4, -0.2) is 28.6 Å². The largest absolute Gasteiger partial charge is 0.504 e. The van der Waals surface area contributed by atoms with Gasteiger partial charge in [-0.05, 0) is 61.5 Å². The maximum atomic E-state index is 13.0. The van der Waals surface area contributed by atoms with E-state index < -0.39 is 11.8 Å². The quantitative estimate of drug-likeness (QED) is 0.483. The molecule has 0 aliphatic carbocycles. The van der Waals surface area contributed by atoms with Crippen molar-refractivity contribution < 1.29 is 19.4 Å². The number of carbonyl (C=O) groups is 2. The summed E-state index contributed by atoms with van der Waals surface area (Å²) in [6.07, 6.45) is 1.45. The molecule has 0 bridgehead atoms. The summed E-state index contributed by atoms with van der Waals surface area (Å²) < 4.78 is 5.35. The molecule has 1 aliphatic heterocycles. The molecule has 2 N–H and O–H groups in total. The number of ether oxygens (including phenoxy) is 1. The normalized spacial score (nSPS) is 15.9. The van der Waals surface area contributed by atoms with Gasteiger partial charge in [0.15, 0.2) is 16.6 Å². The Labute approximate surface area is 162 Å². The molecule has 7 heteroatoms. The molecule has 0 saturated carbocycles. The highest BCUT2D eigenvalue weighted by molar-refractivity contribution is 7.80. The van der Waals surface area contributed by atoms with Gasteiger partial charge in [0, 0.05) is 0 Å². The highest BCUT2D eigenvalue weighted by Crippen LogP contribution is 2.29. The zero-order valence-corrected chi connectivity index (χ0v) is 15.7. The van der Waals surface area contributed by atoms with Crippen LogP contribution in [0.5, 0.6) is 11.5 Å². The summed E-state index contributed by atoms with van der Waals surface area (Å²) in [5.41, 5.74) is 1.96. The fraction of sp³-hybridized carbons (Fsp3) is 0.150. The number of amides is 2. The van der Waals surface area contributed by atoms with Crippen molar-refractivity contribution in [2.24, 2.45) is 0 Å². The number of rotatable bonds is 4. The van der Waals surface area contributed by atoms with Crippen LogP contribution in [0, 0.1) is 6.92 Å². The molecule has 2 amide bonds. The van der Waals surface area contributed by atoms with Gasteiger partial charge in [-0.3, -0.25) is 19.8 Å². The zero-order chi connectivity index (χ0) is 19.6. The molecular weight excluding hydrogens is 364 g/mol. The second-order valence-electron chi connectivity index (χ2n) is 5.90. The maximum absolute atomic E-state index is 13.0. The lowest BCUT2D eigenvalue weighted by Crippen LogP contribution is -2.54. The molecule has 6 nitrogen and oxygen atoms in total. The number of hydrogen-bond acceptors (Lipinski definition) is 5. The van der Waals surface area contributed by atoms with E-state index in [9.17, 15) is 14.7 Å². The third-order valence-corrected chi connectivity index (χ3v) is 4.34. The maximum Gasteiger partial charge on any atom is 0.270 e. The average molecular weight is 382 g/mol. The Balaban J connectivity index is 2.02. The Kier molecular flexibility index (Phi) is 5.23. The predicted molar refractivity (Wildman–Crippen MR) is 107 cm³/mol. The number of para-hydroxylation sites is 1. The van der Waals surface area contributed by atoms with Crippen molar-refractivity contribution in [3.05, 3.63) is 59.2 Å². The van der Waals surface area contributed by atoms with Crippen molar-refractivity contribution >= 4 is 40.9 Å². The Morgan fingerprint density at radius 3 is 2.67 bits per heavy atom. The molecule has 138 valence electrons. The third-order valence-electron chi connectivity index (χ3n) is 4.05. The molecule has 1 aliphatic rings. The van der Waals surface area contributed by atoms with E-state index in [0.717, 1.165) is 5.56 Å². The van der Waals surface area contributed by atoms with Gasteiger partial charge in [-0.15, -0.1) is 0 Å². The van der Waals surface area contributed by atoms with Crippen LogP contribution in [0.15, 0.2) is 48.0 Å². The first kappa shape index (κ1) is 18.6. The van der Waals surface area contributed by atoms with E-state index in [1.54, 1.807) is 31.2 Å². The number of benzene rings is 2. The second-order valence-corrected chi connectivity index (χ2v) is 6.29. The van der Waals surface area contributed by atoms with Crippen molar-refractivity contribution in [2.45, 2.75) is 13.8 Å². The van der Waals surface area contributed by atoms with Crippen molar-refractivity contribution in [1.82, 2.24) is 5.32 Å². The summed E-state index contributed by atoms with van der Waals surface area (Å²) in [6, 6.07) is 11.9. The van der Waals surface area contributed by atoms with Gasteiger partial charge < -0.3 is 9.84 Å². The smallest absolute Gasteiger partial charge is 0.270 e. The van der Waals surface area contributed by atoms with Gasteiger partial charge in [0.05, 0.1) is 12.3 Å². The number of thiocarbonyl (C=S) groups is 1. The minimum absolute atomic E-state index is 0.0128. The summed E-state index contributed by atoms with van der Waals surface area (Å²) in [6.45, 7) is 4.03. The number of aromatic hydroxyl groups is 1. The summed E-state index contributed by atoms with van der Waals surface area (Å²) in [7, 11) is 0. The van der Waals surface area contributed by atoms with Gasteiger partial charge in [0.2, 0.25) is 0 Å². The first-order valence-corrected chi connectivity index (χ1v) is 8.76. The fourth-order valence-corrected chi connectivity index (χ4v) is 3.02. The van der Waals surface area contributed by atoms with Gasteiger partial charge in [0.1, 0.15) is 5.57 Å². The number of phenols is 1. The molecule has 1 saturated heterocycles. The van der Waals surface area contributed by atoms with Crippen LogP contribution in [-0.2, 0) is 9.59 Å². The first-order chi connectivity index (χ1) is 12.9. The topological polar surface area (TPSA) is 78.9 Å². The molecule has 0 spiro atoms. The predicted octanol–water partition coefficient (Wildman–Crippen LogP) is 2.93. The molecule has 0 atom stereocenters. The van der Waals surface area contributed by atoms with E-state index in [1.807, 2.05) is 19.1 Å². The Hall–Kier alpha value is -3.19. The Bertz CT molecular complexity index is 968. The summed E-state index contributed by atoms with van der Waals surface area (Å²) in [5.74, 6) is -0.812. The standard InChI is InChI=1S/C20H18N2O4S/c1-3-26-17-11-13(8-9-16(17)23)10-14-18(24)21-20(27)22(19(14)25)15-7-5-4-6-12(15)2/h4-11,23H,3H2,1-2H3,(H,21,24,27)/b14-10-. The average Bonchev–Trinajstić information content (AvgIpc) is 2.63. The van der Waals surface area contributed by atoms with Crippen molar-refractivity contribution in [2.75, 3.05) is 11.5 Å². The van der Waals surface area contributed by atoms with Crippen molar-refractivity contribution in [3.63, 3.8) is 0 Å². The van der Waals surface area contributed by atoms with E-state index in [2.05, 4.69) is 5.32 Å². The highest BCUT2D eigenvalue weighted by Gasteiger charge is 2.35. The molecule has 0 aromatic heterocycles. The van der Waals surface area contributed by atoms with Gasteiger partial charge in [-0.1, -0.05) is 24.3 Å². The third kappa shape index (κ3) is 3.68.